The molecule has 0 N–H and O–H groups in total. The molecular weight excluding hydrogens is 358 g/mol. The molecular formula is C20H23N5OS. The first-order valence-corrected chi connectivity index (χ1v) is 9.76. The Morgan fingerprint density at radius 3 is 2.63 bits per heavy atom. The van der Waals surface area contributed by atoms with E-state index in [2.05, 4.69) is 28.5 Å². The fraction of sp³-hybridized carbons (Fsp3) is 0.300. The third-order valence-corrected chi connectivity index (χ3v) is 5.73. The van der Waals surface area contributed by atoms with Crippen LogP contribution in [0.2, 0.25) is 0 Å². The summed E-state index contributed by atoms with van der Waals surface area (Å²) in [5, 5.41) is 12.6. The van der Waals surface area contributed by atoms with Gasteiger partial charge < -0.3 is 4.90 Å². The summed E-state index contributed by atoms with van der Waals surface area (Å²) in [6.45, 7) is 6.12. The molecule has 0 spiro atoms. The van der Waals surface area contributed by atoms with Crippen LogP contribution in [-0.2, 0) is 4.79 Å². The molecule has 3 aromatic rings. The van der Waals surface area contributed by atoms with Gasteiger partial charge in [-0.15, -0.1) is 5.10 Å². The second-order valence-electron chi connectivity index (χ2n) is 6.47. The smallest absolute Gasteiger partial charge is 0.233 e. The van der Waals surface area contributed by atoms with Crippen molar-refractivity contribution in [3.63, 3.8) is 0 Å². The van der Waals surface area contributed by atoms with E-state index in [0.29, 0.717) is 5.16 Å². The summed E-state index contributed by atoms with van der Waals surface area (Å²) in [5.74, 6) is 0.311. The molecule has 0 aliphatic heterocycles. The fourth-order valence-electron chi connectivity index (χ4n) is 2.78. The first-order valence-electron chi connectivity index (χ1n) is 8.77. The number of carbonyl (C=O) groups is 1. The molecule has 0 fully saturated rings. The van der Waals surface area contributed by atoms with Crippen molar-refractivity contribution in [1.29, 1.82) is 0 Å². The van der Waals surface area contributed by atoms with Crippen LogP contribution < -0.4 is 0 Å². The Hall–Kier alpha value is -2.67. The minimum atomic E-state index is 0.00862. The van der Waals surface area contributed by atoms with Gasteiger partial charge in [-0.05, 0) is 54.0 Å². The Morgan fingerprint density at radius 1 is 1.15 bits per heavy atom. The number of tetrazole rings is 1. The van der Waals surface area contributed by atoms with E-state index >= 15 is 0 Å². The van der Waals surface area contributed by atoms with E-state index in [9.17, 15) is 4.79 Å². The molecule has 1 atom stereocenters. The Kier molecular flexibility index (Phi) is 5.91. The molecule has 0 aliphatic carbocycles. The van der Waals surface area contributed by atoms with Gasteiger partial charge in [0.05, 0.1) is 17.5 Å². The molecule has 0 bridgehead atoms. The van der Waals surface area contributed by atoms with Crippen LogP contribution in [0.15, 0.2) is 53.7 Å². The van der Waals surface area contributed by atoms with E-state index in [1.807, 2.05) is 63.4 Å². The third-order valence-electron chi connectivity index (χ3n) is 4.83. The number of amides is 1. The van der Waals surface area contributed by atoms with E-state index in [4.69, 9.17) is 0 Å². The number of rotatable bonds is 6. The predicted octanol–water partition coefficient (Wildman–Crippen LogP) is 3.59. The van der Waals surface area contributed by atoms with Crippen LogP contribution >= 0.6 is 11.8 Å². The molecule has 0 aliphatic rings. The van der Waals surface area contributed by atoms with Gasteiger partial charge in [-0.2, -0.15) is 4.68 Å². The molecule has 0 saturated carbocycles. The molecule has 0 saturated heterocycles. The van der Waals surface area contributed by atoms with Gasteiger partial charge in [0.2, 0.25) is 11.1 Å². The molecule has 7 heteroatoms. The van der Waals surface area contributed by atoms with Gasteiger partial charge in [-0.25, -0.2) is 0 Å². The van der Waals surface area contributed by atoms with Gasteiger partial charge in [0, 0.05) is 7.05 Å². The second kappa shape index (κ2) is 8.35. The van der Waals surface area contributed by atoms with Crippen molar-refractivity contribution in [1.82, 2.24) is 25.1 Å². The largest absolute Gasteiger partial charge is 0.338 e. The molecule has 27 heavy (non-hydrogen) atoms. The number of nitrogens with zero attached hydrogens (tertiary/aromatic N) is 5. The number of aromatic nitrogens is 4. The highest BCUT2D eigenvalue weighted by Gasteiger charge is 2.19. The van der Waals surface area contributed by atoms with Crippen molar-refractivity contribution in [2.75, 3.05) is 12.8 Å². The van der Waals surface area contributed by atoms with E-state index < -0.39 is 0 Å². The van der Waals surface area contributed by atoms with Crippen LogP contribution in [-0.4, -0.2) is 43.8 Å². The number of hydrogen-bond acceptors (Lipinski definition) is 5. The average molecular weight is 382 g/mol. The Bertz CT molecular complexity index is 925. The molecule has 6 nitrogen and oxygen atoms in total. The summed E-state index contributed by atoms with van der Waals surface area (Å²) >= 11 is 1.35. The quantitative estimate of drug-likeness (QED) is 0.611. The van der Waals surface area contributed by atoms with Crippen LogP contribution in [0.4, 0.5) is 0 Å². The highest BCUT2D eigenvalue weighted by Crippen LogP contribution is 2.24. The summed E-state index contributed by atoms with van der Waals surface area (Å²) in [6, 6.07) is 16.0. The lowest BCUT2D eigenvalue weighted by atomic mass is 10.1. The normalized spacial score (nSPS) is 12.0. The van der Waals surface area contributed by atoms with Crippen LogP contribution in [0.1, 0.15) is 29.7 Å². The summed E-state index contributed by atoms with van der Waals surface area (Å²) in [7, 11) is 1.83. The van der Waals surface area contributed by atoms with Gasteiger partial charge >= 0.3 is 0 Å². The van der Waals surface area contributed by atoms with E-state index in [0.717, 1.165) is 16.8 Å². The summed E-state index contributed by atoms with van der Waals surface area (Å²) < 4.78 is 1.70. The number of hydrogen-bond donors (Lipinski definition) is 0. The first-order chi connectivity index (χ1) is 13.0. The molecule has 140 valence electrons. The number of thioether (sulfide) groups is 1. The molecule has 1 amide bonds. The van der Waals surface area contributed by atoms with Gasteiger partial charge in [-0.3, -0.25) is 4.79 Å². The predicted molar refractivity (Wildman–Crippen MR) is 107 cm³/mol. The van der Waals surface area contributed by atoms with Crippen LogP contribution in [0.25, 0.3) is 5.69 Å². The summed E-state index contributed by atoms with van der Waals surface area (Å²) in [5.41, 5.74) is 4.33. The standard InChI is InChI=1S/C20H23N5OS/c1-14-9-8-12-18(15(14)2)25-20(21-22-23-25)27-13-19(26)24(4)16(3)17-10-6-5-7-11-17/h5-12,16H,13H2,1-4H3. The molecule has 3 rings (SSSR count). The molecule has 1 aromatic heterocycles. The van der Waals surface area contributed by atoms with Crippen molar-refractivity contribution in [2.45, 2.75) is 32.0 Å². The van der Waals surface area contributed by atoms with Gasteiger partial charge in [0.1, 0.15) is 0 Å². The number of aryl methyl sites for hydroxylation is 1. The molecule has 1 heterocycles. The van der Waals surface area contributed by atoms with E-state index in [1.165, 1.54) is 17.3 Å². The Balaban J connectivity index is 1.70. The van der Waals surface area contributed by atoms with Gasteiger partial charge in [0.15, 0.2) is 0 Å². The zero-order chi connectivity index (χ0) is 19.4. The van der Waals surface area contributed by atoms with Gasteiger partial charge in [-0.1, -0.05) is 54.2 Å². The van der Waals surface area contributed by atoms with Crippen molar-refractivity contribution in [3.05, 3.63) is 65.2 Å². The van der Waals surface area contributed by atoms with Crippen LogP contribution in [0.5, 0.6) is 0 Å². The maximum Gasteiger partial charge on any atom is 0.233 e. The molecule has 2 aromatic carbocycles. The maximum absolute atomic E-state index is 12.6. The monoisotopic (exact) mass is 381 g/mol. The van der Waals surface area contributed by atoms with Crippen LogP contribution in [0, 0.1) is 13.8 Å². The fourth-order valence-corrected chi connectivity index (χ4v) is 3.59. The van der Waals surface area contributed by atoms with Crippen molar-refractivity contribution in [2.24, 2.45) is 0 Å². The number of benzene rings is 2. The minimum absolute atomic E-state index is 0.00862. The Morgan fingerprint density at radius 2 is 1.89 bits per heavy atom. The highest BCUT2D eigenvalue weighted by molar-refractivity contribution is 7.99. The Labute approximate surface area is 163 Å². The second-order valence-corrected chi connectivity index (χ2v) is 7.41. The van der Waals surface area contributed by atoms with E-state index in [1.54, 1.807) is 9.58 Å². The lowest BCUT2D eigenvalue weighted by molar-refractivity contribution is -0.128. The maximum atomic E-state index is 12.6. The third kappa shape index (κ3) is 4.19. The average Bonchev–Trinajstić information content (AvgIpc) is 3.16. The summed E-state index contributed by atoms with van der Waals surface area (Å²) in [4.78, 5) is 14.4. The molecule has 0 radical (unpaired) electrons. The lowest BCUT2D eigenvalue weighted by Gasteiger charge is -2.25. The zero-order valence-electron chi connectivity index (χ0n) is 16.0. The number of carbonyl (C=O) groups excluding carboxylic acids is 1. The minimum Gasteiger partial charge on any atom is -0.338 e. The topological polar surface area (TPSA) is 63.9 Å². The molecule has 1 unspecified atom stereocenters. The summed E-state index contributed by atoms with van der Waals surface area (Å²) in [6.07, 6.45) is 0. The van der Waals surface area contributed by atoms with Gasteiger partial charge in [0.25, 0.3) is 0 Å². The highest BCUT2D eigenvalue weighted by atomic mass is 32.2. The van der Waals surface area contributed by atoms with Crippen LogP contribution in [0.3, 0.4) is 0 Å². The lowest BCUT2D eigenvalue weighted by Crippen LogP contribution is -2.31. The van der Waals surface area contributed by atoms with E-state index in [-0.39, 0.29) is 17.7 Å². The van der Waals surface area contributed by atoms with Crippen molar-refractivity contribution >= 4 is 17.7 Å². The zero-order valence-corrected chi connectivity index (χ0v) is 16.8. The van der Waals surface area contributed by atoms with Crippen molar-refractivity contribution in [3.8, 4) is 5.69 Å². The SMILES string of the molecule is Cc1cccc(-n2nnnc2SCC(=O)N(C)C(C)c2ccccc2)c1C. The first kappa shape index (κ1) is 19.1. The van der Waals surface area contributed by atoms with Crippen molar-refractivity contribution < 1.29 is 4.79 Å².